The molecule has 1 atom stereocenters. The molecule has 1 unspecified atom stereocenters. The predicted octanol–water partition coefficient (Wildman–Crippen LogP) is 3.74. The zero-order chi connectivity index (χ0) is 16.1. The van der Waals surface area contributed by atoms with Crippen molar-refractivity contribution in [2.75, 3.05) is 45.6 Å². The maximum Gasteiger partial charge on any atom is 0.193 e. The number of aliphatic imine (C=N–C) groups is 1. The molecular weight excluding hydrogens is 457 g/mol. The Morgan fingerprint density at radius 1 is 1.38 bits per heavy atom. The first-order chi connectivity index (χ1) is 11.2. The van der Waals surface area contributed by atoms with Crippen molar-refractivity contribution >= 4 is 53.3 Å². The molecule has 24 heavy (non-hydrogen) atoms. The van der Waals surface area contributed by atoms with E-state index in [0.29, 0.717) is 5.41 Å². The topological polar surface area (TPSA) is 36.9 Å². The van der Waals surface area contributed by atoms with Crippen LogP contribution in [0, 0.1) is 5.41 Å². The van der Waals surface area contributed by atoms with Crippen molar-refractivity contribution < 1.29 is 4.74 Å². The Balaban J connectivity index is 0.00000208. The van der Waals surface area contributed by atoms with Crippen LogP contribution in [0.1, 0.15) is 12.8 Å². The average Bonchev–Trinajstić information content (AvgIpc) is 3.20. The second kappa shape index (κ2) is 9.50. The number of nitrogens with zero attached hydrogens (tertiary/aromatic N) is 2. The van der Waals surface area contributed by atoms with E-state index in [4.69, 9.17) is 16.3 Å². The van der Waals surface area contributed by atoms with E-state index in [9.17, 15) is 0 Å². The summed E-state index contributed by atoms with van der Waals surface area (Å²) in [4.78, 5) is 8.07. The second-order valence-electron chi connectivity index (χ2n) is 6.25. The van der Waals surface area contributed by atoms with Crippen molar-refractivity contribution in [3.8, 4) is 0 Å². The number of guanidine groups is 1. The molecule has 4 nitrogen and oxygen atoms in total. The summed E-state index contributed by atoms with van der Waals surface area (Å²) < 4.78 is 5.60. The quantitative estimate of drug-likeness (QED) is 0.234. The lowest BCUT2D eigenvalue weighted by Crippen LogP contribution is -2.42. The first kappa shape index (κ1) is 20.1. The average molecular weight is 482 g/mol. The van der Waals surface area contributed by atoms with Crippen LogP contribution in [-0.2, 0) is 4.74 Å². The normalized spacial score (nSPS) is 23.6. The van der Waals surface area contributed by atoms with Crippen molar-refractivity contribution in [2.45, 2.75) is 17.7 Å². The molecule has 0 amide bonds. The van der Waals surface area contributed by atoms with Crippen molar-refractivity contribution in [3.05, 3.63) is 29.3 Å². The maximum atomic E-state index is 5.91. The SMILES string of the molecule is CN=C(NCCSc1ccc(Cl)cc1)N1CCC2(CCOC2)C1.I. The van der Waals surface area contributed by atoms with Crippen LogP contribution in [0.4, 0.5) is 0 Å². The number of thioether (sulfide) groups is 1. The molecule has 0 aliphatic carbocycles. The van der Waals surface area contributed by atoms with Gasteiger partial charge < -0.3 is 15.0 Å². The van der Waals surface area contributed by atoms with Crippen LogP contribution in [0.25, 0.3) is 0 Å². The van der Waals surface area contributed by atoms with Gasteiger partial charge in [-0.05, 0) is 37.1 Å². The zero-order valence-electron chi connectivity index (χ0n) is 14.0. The third kappa shape index (κ3) is 5.16. The minimum atomic E-state index is 0. The minimum absolute atomic E-state index is 0. The molecule has 1 aromatic rings. The number of nitrogens with one attached hydrogen (secondary N) is 1. The summed E-state index contributed by atoms with van der Waals surface area (Å²) in [5.74, 6) is 2.02. The highest BCUT2D eigenvalue weighted by Crippen LogP contribution is 2.38. The molecule has 3 rings (SSSR count). The van der Waals surface area contributed by atoms with E-state index in [1.165, 1.54) is 17.7 Å². The fraction of sp³-hybridized carbons (Fsp3) is 0.588. The highest BCUT2D eigenvalue weighted by molar-refractivity contribution is 14.0. The fourth-order valence-electron chi connectivity index (χ4n) is 3.28. The molecule has 2 aliphatic rings. The summed E-state index contributed by atoms with van der Waals surface area (Å²) >= 11 is 7.73. The molecule has 0 radical (unpaired) electrons. The molecule has 2 aliphatic heterocycles. The Morgan fingerprint density at radius 3 is 2.83 bits per heavy atom. The van der Waals surface area contributed by atoms with Crippen molar-refractivity contribution in [3.63, 3.8) is 0 Å². The van der Waals surface area contributed by atoms with E-state index in [1.807, 2.05) is 30.9 Å². The summed E-state index contributed by atoms with van der Waals surface area (Å²) in [6.45, 7) is 4.87. The van der Waals surface area contributed by atoms with Gasteiger partial charge in [-0.25, -0.2) is 0 Å². The Morgan fingerprint density at radius 2 is 2.17 bits per heavy atom. The summed E-state index contributed by atoms with van der Waals surface area (Å²) in [6.07, 6.45) is 2.40. The number of ether oxygens (including phenoxy) is 1. The number of likely N-dealkylation sites (tertiary alicyclic amines) is 1. The lowest BCUT2D eigenvalue weighted by Gasteiger charge is -2.24. The molecule has 134 valence electrons. The number of hydrogen-bond donors (Lipinski definition) is 1. The van der Waals surface area contributed by atoms with Gasteiger partial charge in [0.2, 0.25) is 0 Å². The molecule has 0 aromatic heterocycles. The van der Waals surface area contributed by atoms with Crippen LogP contribution in [0.15, 0.2) is 34.2 Å². The lowest BCUT2D eigenvalue weighted by atomic mass is 9.87. The maximum absolute atomic E-state index is 5.91. The summed E-state index contributed by atoms with van der Waals surface area (Å²) in [7, 11) is 1.87. The fourth-order valence-corrected chi connectivity index (χ4v) is 4.18. The molecule has 0 saturated carbocycles. The van der Waals surface area contributed by atoms with E-state index >= 15 is 0 Å². The van der Waals surface area contributed by atoms with Gasteiger partial charge in [-0.1, -0.05) is 11.6 Å². The Kier molecular flexibility index (Phi) is 7.97. The highest BCUT2D eigenvalue weighted by Gasteiger charge is 2.42. The monoisotopic (exact) mass is 481 g/mol. The Hall–Kier alpha value is -0.180. The van der Waals surface area contributed by atoms with Crippen LogP contribution in [-0.4, -0.2) is 56.5 Å². The molecule has 1 N–H and O–H groups in total. The van der Waals surface area contributed by atoms with Gasteiger partial charge in [-0.2, -0.15) is 0 Å². The Bertz CT molecular complexity index is 549. The van der Waals surface area contributed by atoms with Gasteiger partial charge in [-0.15, -0.1) is 35.7 Å². The van der Waals surface area contributed by atoms with Gasteiger partial charge in [0.25, 0.3) is 0 Å². The van der Waals surface area contributed by atoms with Crippen LogP contribution in [0.2, 0.25) is 5.02 Å². The first-order valence-corrected chi connectivity index (χ1v) is 9.49. The summed E-state index contributed by atoms with van der Waals surface area (Å²) in [5.41, 5.74) is 0.371. The van der Waals surface area contributed by atoms with E-state index in [1.54, 1.807) is 0 Å². The van der Waals surface area contributed by atoms with Crippen molar-refractivity contribution in [1.29, 1.82) is 0 Å². The third-order valence-corrected chi connectivity index (χ3v) is 5.87. The molecule has 1 aromatic carbocycles. The zero-order valence-corrected chi connectivity index (χ0v) is 17.9. The predicted molar refractivity (Wildman–Crippen MR) is 113 cm³/mol. The lowest BCUT2D eigenvalue weighted by molar-refractivity contribution is 0.156. The molecule has 2 saturated heterocycles. The molecule has 2 fully saturated rings. The standard InChI is InChI=1S/C17H24ClN3OS.HI/c1-19-16(21-9-6-17(12-21)7-10-22-13-17)20-8-11-23-15-4-2-14(18)3-5-15;/h2-5H,6-13H2,1H3,(H,19,20);1H. The van der Waals surface area contributed by atoms with Gasteiger partial charge in [0.15, 0.2) is 5.96 Å². The number of benzene rings is 1. The van der Waals surface area contributed by atoms with Crippen LogP contribution < -0.4 is 5.32 Å². The number of halogens is 2. The smallest absolute Gasteiger partial charge is 0.193 e. The molecular formula is C17H25ClIN3OS. The number of hydrogen-bond acceptors (Lipinski definition) is 3. The van der Waals surface area contributed by atoms with Crippen LogP contribution >= 0.6 is 47.3 Å². The van der Waals surface area contributed by atoms with Crippen molar-refractivity contribution in [2.24, 2.45) is 10.4 Å². The van der Waals surface area contributed by atoms with E-state index < -0.39 is 0 Å². The molecule has 7 heteroatoms. The Labute approximate surface area is 170 Å². The van der Waals surface area contributed by atoms with Crippen LogP contribution in [0.5, 0.6) is 0 Å². The molecule has 0 bridgehead atoms. The molecule has 1 spiro atoms. The van der Waals surface area contributed by atoms with E-state index in [-0.39, 0.29) is 24.0 Å². The van der Waals surface area contributed by atoms with Crippen molar-refractivity contribution in [1.82, 2.24) is 10.2 Å². The summed E-state index contributed by atoms with van der Waals surface area (Å²) in [5, 5.41) is 4.27. The minimum Gasteiger partial charge on any atom is -0.381 e. The van der Waals surface area contributed by atoms with Gasteiger partial charge in [0.1, 0.15) is 0 Å². The van der Waals surface area contributed by atoms with Gasteiger partial charge >= 0.3 is 0 Å². The van der Waals surface area contributed by atoms with E-state index in [2.05, 4.69) is 27.3 Å². The molecule has 2 heterocycles. The second-order valence-corrected chi connectivity index (χ2v) is 7.86. The first-order valence-electron chi connectivity index (χ1n) is 8.13. The highest BCUT2D eigenvalue weighted by atomic mass is 127. The van der Waals surface area contributed by atoms with Crippen LogP contribution in [0.3, 0.4) is 0 Å². The van der Waals surface area contributed by atoms with Gasteiger partial charge in [0.05, 0.1) is 6.61 Å². The van der Waals surface area contributed by atoms with Gasteiger partial charge in [0, 0.05) is 54.4 Å². The third-order valence-electron chi connectivity index (χ3n) is 4.60. The largest absolute Gasteiger partial charge is 0.381 e. The summed E-state index contributed by atoms with van der Waals surface area (Å²) in [6, 6.07) is 7.99. The number of rotatable bonds is 4. The van der Waals surface area contributed by atoms with Gasteiger partial charge in [-0.3, -0.25) is 4.99 Å². The van der Waals surface area contributed by atoms with E-state index in [0.717, 1.165) is 49.6 Å².